The van der Waals surface area contributed by atoms with Crippen molar-refractivity contribution in [1.29, 1.82) is 0 Å². The summed E-state index contributed by atoms with van der Waals surface area (Å²) < 4.78 is 9.57. The second-order valence-corrected chi connectivity index (χ2v) is 4.27. The number of hydrogen-bond donors (Lipinski definition) is 2. The Bertz CT molecular complexity index is 462. The fourth-order valence-corrected chi connectivity index (χ4v) is 1.68. The number of esters is 1. The molecule has 0 fully saturated rings. The van der Waals surface area contributed by atoms with Crippen molar-refractivity contribution in [3.05, 3.63) is 29.8 Å². The van der Waals surface area contributed by atoms with Crippen LogP contribution in [0.4, 0.5) is 5.69 Å². The molecule has 0 spiro atoms. The standard InChI is InChI=1S/C14H20N2O4/c1-19-9-5-7-11(15)13(17)16-12-8-4-3-6-10(12)14(18)20-2/h3-4,6,8,11H,5,7,9,15H2,1-2H3,(H,16,17). The van der Waals surface area contributed by atoms with Crippen LogP contribution in [0, 0.1) is 0 Å². The molecular weight excluding hydrogens is 260 g/mol. The van der Waals surface area contributed by atoms with E-state index in [1.807, 2.05) is 0 Å². The minimum atomic E-state index is -0.643. The molecule has 3 N–H and O–H groups in total. The zero-order valence-electron chi connectivity index (χ0n) is 11.7. The van der Waals surface area contributed by atoms with Crippen LogP contribution in [0.15, 0.2) is 24.3 Å². The molecular formula is C14H20N2O4. The largest absolute Gasteiger partial charge is 0.465 e. The maximum Gasteiger partial charge on any atom is 0.339 e. The molecule has 0 aliphatic rings. The Morgan fingerprint density at radius 1 is 1.30 bits per heavy atom. The van der Waals surface area contributed by atoms with E-state index in [4.69, 9.17) is 10.5 Å². The molecule has 6 nitrogen and oxygen atoms in total. The molecule has 1 rings (SSSR count). The number of carbonyl (C=O) groups excluding carboxylic acids is 2. The van der Waals surface area contributed by atoms with E-state index in [0.29, 0.717) is 30.7 Å². The van der Waals surface area contributed by atoms with Crippen molar-refractivity contribution < 1.29 is 19.1 Å². The molecule has 6 heteroatoms. The van der Waals surface area contributed by atoms with Crippen molar-refractivity contribution in [3.63, 3.8) is 0 Å². The third kappa shape index (κ3) is 4.64. The van der Waals surface area contributed by atoms with Crippen LogP contribution in [-0.4, -0.2) is 38.7 Å². The molecule has 110 valence electrons. The van der Waals surface area contributed by atoms with Gasteiger partial charge in [0.05, 0.1) is 24.4 Å². The SMILES string of the molecule is COCCCC(N)C(=O)Nc1ccccc1C(=O)OC. The summed E-state index contributed by atoms with van der Waals surface area (Å²) in [6.07, 6.45) is 1.21. The molecule has 0 saturated carbocycles. The zero-order chi connectivity index (χ0) is 15.0. The summed E-state index contributed by atoms with van der Waals surface area (Å²) in [5, 5.41) is 2.65. The third-order valence-electron chi connectivity index (χ3n) is 2.79. The van der Waals surface area contributed by atoms with E-state index < -0.39 is 12.0 Å². The average Bonchev–Trinajstić information content (AvgIpc) is 2.47. The number of nitrogens with one attached hydrogen (secondary N) is 1. The van der Waals surface area contributed by atoms with Gasteiger partial charge in [-0.3, -0.25) is 4.79 Å². The molecule has 0 heterocycles. The maximum atomic E-state index is 11.9. The van der Waals surface area contributed by atoms with Gasteiger partial charge in [0.2, 0.25) is 5.91 Å². The van der Waals surface area contributed by atoms with Crippen molar-refractivity contribution in [2.75, 3.05) is 26.1 Å². The molecule has 0 radical (unpaired) electrons. The fourth-order valence-electron chi connectivity index (χ4n) is 1.68. The smallest absolute Gasteiger partial charge is 0.339 e. The molecule has 1 aromatic rings. The number of rotatable bonds is 7. The van der Waals surface area contributed by atoms with Crippen LogP contribution in [-0.2, 0) is 14.3 Å². The van der Waals surface area contributed by atoms with Crippen LogP contribution in [0.25, 0.3) is 0 Å². The van der Waals surface area contributed by atoms with E-state index in [1.54, 1.807) is 31.4 Å². The Balaban J connectivity index is 2.68. The predicted octanol–water partition coefficient (Wildman–Crippen LogP) is 1.17. The molecule has 20 heavy (non-hydrogen) atoms. The van der Waals surface area contributed by atoms with Crippen LogP contribution >= 0.6 is 0 Å². The summed E-state index contributed by atoms with van der Waals surface area (Å²) in [6, 6.07) is 5.99. The lowest BCUT2D eigenvalue weighted by atomic mass is 10.1. The Labute approximate surface area is 118 Å². The second kappa shape index (κ2) is 8.29. The first kappa shape index (κ1) is 16.1. The van der Waals surface area contributed by atoms with E-state index >= 15 is 0 Å². The first-order chi connectivity index (χ1) is 9.60. The van der Waals surface area contributed by atoms with Gasteiger partial charge in [-0.05, 0) is 25.0 Å². The lowest BCUT2D eigenvalue weighted by Crippen LogP contribution is -2.36. The van der Waals surface area contributed by atoms with E-state index in [2.05, 4.69) is 10.1 Å². The third-order valence-corrected chi connectivity index (χ3v) is 2.79. The Morgan fingerprint density at radius 2 is 2.00 bits per heavy atom. The summed E-state index contributed by atoms with van der Waals surface area (Å²) in [7, 11) is 2.88. The predicted molar refractivity (Wildman–Crippen MR) is 75.5 cm³/mol. The summed E-state index contributed by atoms with van der Waals surface area (Å²) in [5.74, 6) is -0.841. The molecule has 1 atom stereocenters. The number of amides is 1. The molecule has 0 aliphatic heterocycles. The van der Waals surface area contributed by atoms with E-state index in [1.165, 1.54) is 7.11 Å². The minimum Gasteiger partial charge on any atom is -0.465 e. The van der Waals surface area contributed by atoms with Gasteiger partial charge in [-0.1, -0.05) is 12.1 Å². The first-order valence-electron chi connectivity index (χ1n) is 6.33. The number of benzene rings is 1. The lowest BCUT2D eigenvalue weighted by molar-refractivity contribution is -0.117. The highest BCUT2D eigenvalue weighted by atomic mass is 16.5. The zero-order valence-corrected chi connectivity index (χ0v) is 11.7. The van der Waals surface area contributed by atoms with Gasteiger partial charge in [0.1, 0.15) is 0 Å². The molecule has 0 aliphatic carbocycles. The van der Waals surface area contributed by atoms with Crippen LogP contribution in [0.2, 0.25) is 0 Å². The topological polar surface area (TPSA) is 90.6 Å². The van der Waals surface area contributed by atoms with E-state index in [-0.39, 0.29) is 5.91 Å². The number of para-hydroxylation sites is 1. The van der Waals surface area contributed by atoms with Gasteiger partial charge in [-0.15, -0.1) is 0 Å². The summed E-state index contributed by atoms with van der Waals surface area (Å²) in [6.45, 7) is 0.555. The number of carbonyl (C=O) groups is 2. The number of nitrogens with two attached hydrogens (primary N) is 1. The number of ether oxygens (including phenoxy) is 2. The van der Waals surface area contributed by atoms with Crippen molar-refractivity contribution in [2.45, 2.75) is 18.9 Å². The Hall–Kier alpha value is -1.92. The second-order valence-electron chi connectivity index (χ2n) is 4.27. The van der Waals surface area contributed by atoms with Crippen molar-refractivity contribution >= 4 is 17.6 Å². The van der Waals surface area contributed by atoms with Gasteiger partial charge in [-0.25, -0.2) is 4.79 Å². The Morgan fingerprint density at radius 3 is 2.65 bits per heavy atom. The molecule has 1 unspecified atom stereocenters. The molecule has 1 amide bonds. The van der Waals surface area contributed by atoms with Gasteiger partial charge < -0.3 is 20.5 Å². The quantitative estimate of drug-likeness (QED) is 0.578. The summed E-state index contributed by atoms with van der Waals surface area (Å²) in [5.41, 5.74) is 6.47. The van der Waals surface area contributed by atoms with E-state index in [0.717, 1.165) is 0 Å². The lowest BCUT2D eigenvalue weighted by Gasteiger charge is -2.14. The average molecular weight is 280 g/mol. The highest BCUT2D eigenvalue weighted by molar-refractivity contribution is 6.02. The van der Waals surface area contributed by atoms with Gasteiger partial charge in [-0.2, -0.15) is 0 Å². The first-order valence-corrected chi connectivity index (χ1v) is 6.33. The fraction of sp³-hybridized carbons (Fsp3) is 0.429. The normalized spacial score (nSPS) is 11.8. The molecule has 0 bridgehead atoms. The van der Waals surface area contributed by atoms with Crippen molar-refractivity contribution in [3.8, 4) is 0 Å². The molecule has 0 saturated heterocycles. The van der Waals surface area contributed by atoms with Crippen molar-refractivity contribution in [1.82, 2.24) is 0 Å². The number of hydrogen-bond acceptors (Lipinski definition) is 5. The highest BCUT2D eigenvalue weighted by Crippen LogP contribution is 2.16. The van der Waals surface area contributed by atoms with Gasteiger partial charge >= 0.3 is 5.97 Å². The van der Waals surface area contributed by atoms with Gasteiger partial charge in [0.25, 0.3) is 0 Å². The van der Waals surface area contributed by atoms with E-state index in [9.17, 15) is 9.59 Å². The summed E-state index contributed by atoms with van der Waals surface area (Å²) >= 11 is 0. The van der Waals surface area contributed by atoms with Crippen LogP contribution < -0.4 is 11.1 Å². The number of anilines is 1. The van der Waals surface area contributed by atoms with Crippen molar-refractivity contribution in [2.24, 2.45) is 5.73 Å². The van der Waals surface area contributed by atoms with Crippen LogP contribution in [0.1, 0.15) is 23.2 Å². The maximum absolute atomic E-state index is 11.9. The minimum absolute atomic E-state index is 0.299. The summed E-state index contributed by atoms with van der Waals surface area (Å²) in [4.78, 5) is 23.5. The number of methoxy groups -OCH3 is 2. The highest BCUT2D eigenvalue weighted by Gasteiger charge is 2.17. The molecule has 0 aromatic heterocycles. The Kier molecular flexibility index (Phi) is 6.69. The van der Waals surface area contributed by atoms with Gasteiger partial charge in [0, 0.05) is 13.7 Å². The molecule has 1 aromatic carbocycles. The monoisotopic (exact) mass is 280 g/mol. The van der Waals surface area contributed by atoms with Gasteiger partial charge in [0.15, 0.2) is 0 Å². The van der Waals surface area contributed by atoms with Crippen LogP contribution in [0.3, 0.4) is 0 Å². The van der Waals surface area contributed by atoms with Crippen LogP contribution in [0.5, 0.6) is 0 Å².